The van der Waals surface area contributed by atoms with Gasteiger partial charge in [0.15, 0.2) is 0 Å². The number of benzene rings is 2. The maximum Gasteiger partial charge on any atom is 0.261 e. The van der Waals surface area contributed by atoms with Gasteiger partial charge in [0.05, 0.1) is 11.1 Å². The Morgan fingerprint density at radius 1 is 1.03 bits per heavy atom. The lowest BCUT2D eigenvalue weighted by Crippen LogP contribution is -2.47. The van der Waals surface area contributed by atoms with Gasteiger partial charge in [-0.3, -0.25) is 24.1 Å². The van der Waals surface area contributed by atoms with Crippen LogP contribution in [0.5, 0.6) is 0 Å². The number of carbonyl (C=O) groups is 4. The molecular weight excluding hydrogens is 406 g/mol. The quantitative estimate of drug-likeness (QED) is 0.614. The summed E-state index contributed by atoms with van der Waals surface area (Å²) in [5.41, 5.74) is 2.81. The van der Waals surface area contributed by atoms with Gasteiger partial charge < -0.3 is 10.2 Å². The summed E-state index contributed by atoms with van der Waals surface area (Å²) >= 11 is 0. The molecule has 168 valence electrons. The number of imide groups is 1. The van der Waals surface area contributed by atoms with Crippen molar-refractivity contribution in [3.63, 3.8) is 0 Å². The van der Waals surface area contributed by atoms with E-state index in [1.807, 2.05) is 38.1 Å². The molecule has 1 atom stereocenters. The van der Waals surface area contributed by atoms with Gasteiger partial charge in [-0.2, -0.15) is 0 Å². The van der Waals surface area contributed by atoms with E-state index >= 15 is 0 Å². The van der Waals surface area contributed by atoms with E-state index in [1.54, 1.807) is 36.1 Å². The van der Waals surface area contributed by atoms with E-state index < -0.39 is 6.04 Å². The Morgan fingerprint density at radius 3 is 2.28 bits per heavy atom. The third-order valence-electron chi connectivity index (χ3n) is 5.60. The van der Waals surface area contributed by atoms with Crippen LogP contribution in [0.15, 0.2) is 48.5 Å². The van der Waals surface area contributed by atoms with E-state index in [1.165, 1.54) is 4.90 Å². The molecule has 0 saturated heterocycles. The van der Waals surface area contributed by atoms with Crippen molar-refractivity contribution in [1.82, 2.24) is 15.1 Å². The molecule has 2 aromatic carbocycles. The number of nitrogens with one attached hydrogen (secondary N) is 1. The Morgan fingerprint density at radius 2 is 1.69 bits per heavy atom. The van der Waals surface area contributed by atoms with Gasteiger partial charge in [-0.15, -0.1) is 0 Å². The highest BCUT2D eigenvalue weighted by atomic mass is 16.2. The fourth-order valence-electron chi connectivity index (χ4n) is 3.89. The molecule has 1 aliphatic heterocycles. The third kappa shape index (κ3) is 5.04. The summed E-state index contributed by atoms with van der Waals surface area (Å²) < 4.78 is 0. The van der Waals surface area contributed by atoms with Crippen molar-refractivity contribution < 1.29 is 19.2 Å². The van der Waals surface area contributed by atoms with Gasteiger partial charge in [-0.25, -0.2) is 0 Å². The van der Waals surface area contributed by atoms with Crippen molar-refractivity contribution in [2.75, 3.05) is 13.1 Å². The summed E-state index contributed by atoms with van der Waals surface area (Å²) in [7, 11) is 0. The number of carbonyl (C=O) groups excluding carboxylic acids is 4. The molecule has 32 heavy (non-hydrogen) atoms. The number of rotatable bonds is 9. The summed E-state index contributed by atoms with van der Waals surface area (Å²) in [5.74, 6) is -1.06. The van der Waals surface area contributed by atoms with E-state index in [4.69, 9.17) is 0 Å². The third-order valence-corrected chi connectivity index (χ3v) is 5.60. The first kappa shape index (κ1) is 23.2. The number of hydrogen-bond donors (Lipinski definition) is 1. The lowest BCUT2D eigenvalue weighted by molar-refractivity contribution is -0.140. The Balaban J connectivity index is 1.66. The second-order valence-corrected chi connectivity index (χ2v) is 7.99. The molecule has 0 aliphatic carbocycles. The topological polar surface area (TPSA) is 86.8 Å². The molecule has 1 aliphatic rings. The van der Waals surface area contributed by atoms with Crippen LogP contribution in [0.1, 0.15) is 58.5 Å². The molecule has 1 heterocycles. The standard InChI is InChI=1S/C25H29N3O4/c1-4-26-23(30)18(3)28(16-19-10-7-9-17(2)15-19)22(29)13-8-14-27-24(31)20-11-5-6-12-21(20)25(27)32/h5-7,9-12,15,18H,4,8,13-14,16H2,1-3H3,(H,26,30)/t18-/m1/s1. The van der Waals surface area contributed by atoms with E-state index in [2.05, 4.69) is 5.32 Å². The van der Waals surface area contributed by atoms with Gasteiger partial charge in [0.1, 0.15) is 6.04 Å². The molecule has 0 radical (unpaired) electrons. The van der Waals surface area contributed by atoms with Gasteiger partial charge in [0.2, 0.25) is 11.8 Å². The van der Waals surface area contributed by atoms with E-state index in [9.17, 15) is 19.2 Å². The zero-order chi connectivity index (χ0) is 23.3. The predicted octanol–water partition coefficient (Wildman–Crippen LogP) is 2.92. The molecule has 4 amide bonds. The van der Waals surface area contributed by atoms with Crippen LogP contribution in [0, 0.1) is 6.92 Å². The number of hydrogen-bond acceptors (Lipinski definition) is 4. The van der Waals surface area contributed by atoms with Crippen LogP contribution in [0.2, 0.25) is 0 Å². The minimum atomic E-state index is -0.637. The molecule has 0 bridgehead atoms. The van der Waals surface area contributed by atoms with Crippen LogP contribution >= 0.6 is 0 Å². The first-order valence-electron chi connectivity index (χ1n) is 10.9. The normalized spacial score (nSPS) is 13.7. The fourth-order valence-corrected chi connectivity index (χ4v) is 3.89. The largest absolute Gasteiger partial charge is 0.355 e. The monoisotopic (exact) mass is 435 g/mol. The van der Waals surface area contributed by atoms with E-state index in [0.717, 1.165) is 11.1 Å². The molecule has 0 spiro atoms. The molecule has 0 aromatic heterocycles. The van der Waals surface area contributed by atoms with Gasteiger partial charge in [0.25, 0.3) is 11.8 Å². The van der Waals surface area contributed by atoms with Crippen molar-refractivity contribution in [2.45, 2.75) is 46.2 Å². The summed E-state index contributed by atoms with van der Waals surface area (Å²) in [6, 6.07) is 13.9. The molecular formula is C25H29N3O4. The molecule has 2 aromatic rings. The Labute approximate surface area is 188 Å². The molecule has 0 fully saturated rings. The highest BCUT2D eigenvalue weighted by molar-refractivity contribution is 6.21. The molecule has 0 unspecified atom stereocenters. The van der Waals surface area contributed by atoms with Crippen molar-refractivity contribution >= 4 is 23.6 Å². The van der Waals surface area contributed by atoms with Crippen LogP contribution in [0.3, 0.4) is 0 Å². The Kier molecular flexibility index (Phi) is 7.41. The predicted molar refractivity (Wildman–Crippen MR) is 121 cm³/mol. The maximum absolute atomic E-state index is 13.1. The zero-order valence-corrected chi connectivity index (χ0v) is 18.8. The lowest BCUT2D eigenvalue weighted by atomic mass is 10.1. The fraction of sp³-hybridized carbons (Fsp3) is 0.360. The molecule has 0 saturated carbocycles. The average Bonchev–Trinajstić information content (AvgIpc) is 3.02. The van der Waals surface area contributed by atoms with E-state index in [-0.39, 0.29) is 36.6 Å². The summed E-state index contributed by atoms with van der Waals surface area (Å²) in [5, 5.41) is 2.77. The first-order chi connectivity index (χ1) is 15.3. The van der Waals surface area contributed by atoms with Gasteiger partial charge in [-0.1, -0.05) is 42.0 Å². The number of nitrogens with zero attached hydrogens (tertiary/aromatic N) is 2. The SMILES string of the molecule is CCNC(=O)[C@@H](C)N(Cc1cccc(C)c1)C(=O)CCCN1C(=O)c2ccccc2C1=O. The van der Waals surface area contributed by atoms with Crippen molar-refractivity contribution in [3.05, 3.63) is 70.8 Å². The van der Waals surface area contributed by atoms with E-state index in [0.29, 0.717) is 30.6 Å². The number of fused-ring (bicyclic) bond motifs is 1. The number of amides is 4. The molecule has 3 rings (SSSR count). The molecule has 1 N–H and O–H groups in total. The second-order valence-electron chi connectivity index (χ2n) is 7.99. The van der Waals surface area contributed by atoms with Gasteiger partial charge in [0, 0.05) is 26.1 Å². The van der Waals surface area contributed by atoms with Gasteiger partial charge in [-0.05, 0) is 44.9 Å². The molecule has 7 heteroatoms. The zero-order valence-electron chi connectivity index (χ0n) is 18.8. The van der Waals surface area contributed by atoms with Crippen molar-refractivity contribution in [3.8, 4) is 0 Å². The summed E-state index contributed by atoms with van der Waals surface area (Å²) in [4.78, 5) is 53.3. The number of likely N-dealkylation sites (N-methyl/N-ethyl adjacent to an activating group) is 1. The van der Waals surface area contributed by atoms with Crippen LogP contribution in [-0.2, 0) is 16.1 Å². The van der Waals surface area contributed by atoms with Crippen LogP contribution < -0.4 is 5.32 Å². The lowest BCUT2D eigenvalue weighted by Gasteiger charge is -2.29. The van der Waals surface area contributed by atoms with Crippen molar-refractivity contribution in [2.24, 2.45) is 0 Å². The highest BCUT2D eigenvalue weighted by Crippen LogP contribution is 2.23. The Bertz CT molecular complexity index is 998. The van der Waals surface area contributed by atoms with Gasteiger partial charge >= 0.3 is 0 Å². The minimum absolute atomic E-state index is 0.128. The highest BCUT2D eigenvalue weighted by Gasteiger charge is 2.35. The second kappa shape index (κ2) is 10.2. The maximum atomic E-state index is 13.1. The van der Waals surface area contributed by atoms with Crippen LogP contribution in [0.25, 0.3) is 0 Å². The van der Waals surface area contributed by atoms with Crippen LogP contribution in [-0.4, -0.2) is 52.6 Å². The Hall–Kier alpha value is -3.48. The summed E-state index contributed by atoms with van der Waals surface area (Å²) in [6.45, 7) is 6.47. The van der Waals surface area contributed by atoms with Crippen LogP contribution in [0.4, 0.5) is 0 Å². The number of aryl methyl sites for hydroxylation is 1. The molecule has 7 nitrogen and oxygen atoms in total. The summed E-state index contributed by atoms with van der Waals surface area (Å²) in [6.07, 6.45) is 0.458. The minimum Gasteiger partial charge on any atom is -0.355 e. The first-order valence-corrected chi connectivity index (χ1v) is 10.9. The average molecular weight is 436 g/mol. The van der Waals surface area contributed by atoms with Crippen molar-refractivity contribution in [1.29, 1.82) is 0 Å². The smallest absolute Gasteiger partial charge is 0.261 e.